The SMILES string of the molecule is CCCCCCCCCNCCCOCCOCCOCCCN. The Bertz CT molecular complexity index is 197. The van der Waals surface area contributed by atoms with Crippen molar-refractivity contribution in [2.75, 3.05) is 59.3 Å². The lowest BCUT2D eigenvalue weighted by Gasteiger charge is -2.07. The number of ether oxygens (including phenoxy) is 3. The average Bonchev–Trinajstić information content (AvgIpc) is 2.60. The van der Waals surface area contributed by atoms with E-state index in [4.69, 9.17) is 19.9 Å². The van der Waals surface area contributed by atoms with Gasteiger partial charge in [-0.2, -0.15) is 0 Å². The second-order valence-corrected chi connectivity index (χ2v) is 6.20. The molecule has 5 nitrogen and oxygen atoms in total. The minimum Gasteiger partial charge on any atom is -0.379 e. The topological polar surface area (TPSA) is 65.7 Å². The van der Waals surface area contributed by atoms with Gasteiger partial charge < -0.3 is 25.3 Å². The fourth-order valence-electron chi connectivity index (χ4n) is 2.36. The highest BCUT2D eigenvalue weighted by atomic mass is 16.5. The summed E-state index contributed by atoms with van der Waals surface area (Å²) in [5.74, 6) is 0. The molecular formula is C19H42N2O3. The third-order valence-electron chi connectivity index (χ3n) is 3.84. The minimum absolute atomic E-state index is 0.633. The van der Waals surface area contributed by atoms with Crippen molar-refractivity contribution in [3.63, 3.8) is 0 Å². The molecule has 0 aromatic heterocycles. The van der Waals surface area contributed by atoms with E-state index in [1.54, 1.807) is 0 Å². The molecule has 0 aromatic carbocycles. The molecule has 0 heterocycles. The van der Waals surface area contributed by atoms with E-state index in [0.717, 1.165) is 39.1 Å². The van der Waals surface area contributed by atoms with Gasteiger partial charge in [-0.3, -0.25) is 0 Å². The Hall–Kier alpha value is -0.200. The van der Waals surface area contributed by atoms with Crippen LogP contribution in [0.1, 0.15) is 64.7 Å². The average molecular weight is 347 g/mol. The van der Waals surface area contributed by atoms with Gasteiger partial charge in [0.2, 0.25) is 0 Å². The maximum atomic E-state index is 5.54. The van der Waals surface area contributed by atoms with Gasteiger partial charge in [-0.25, -0.2) is 0 Å². The molecule has 0 aliphatic heterocycles. The highest BCUT2D eigenvalue weighted by Gasteiger charge is 1.94. The van der Waals surface area contributed by atoms with E-state index in [0.29, 0.717) is 33.0 Å². The largest absolute Gasteiger partial charge is 0.379 e. The van der Waals surface area contributed by atoms with Gasteiger partial charge in [0.05, 0.1) is 26.4 Å². The summed E-state index contributed by atoms with van der Waals surface area (Å²) in [6.07, 6.45) is 11.6. The number of nitrogens with one attached hydrogen (secondary N) is 1. The molecule has 0 saturated carbocycles. The third-order valence-corrected chi connectivity index (χ3v) is 3.84. The van der Waals surface area contributed by atoms with Gasteiger partial charge in [0.15, 0.2) is 0 Å². The van der Waals surface area contributed by atoms with Crippen LogP contribution in [0, 0.1) is 0 Å². The molecule has 0 aromatic rings. The van der Waals surface area contributed by atoms with Crippen molar-refractivity contribution in [1.82, 2.24) is 5.32 Å². The van der Waals surface area contributed by atoms with Crippen LogP contribution in [-0.2, 0) is 14.2 Å². The van der Waals surface area contributed by atoms with Crippen molar-refractivity contribution >= 4 is 0 Å². The lowest BCUT2D eigenvalue weighted by molar-refractivity contribution is 0.0141. The maximum absolute atomic E-state index is 5.54. The van der Waals surface area contributed by atoms with Crippen LogP contribution in [0.3, 0.4) is 0 Å². The molecule has 0 rings (SSSR count). The summed E-state index contributed by atoms with van der Waals surface area (Å²) in [5.41, 5.74) is 5.38. The van der Waals surface area contributed by atoms with Crippen molar-refractivity contribution in [3.05, 3.63) is 0 Å². The Morgan fingerprint density at radius 2 is 1.08 bits per heavy atom. The van der Waals surface area contributed by atoms with Crippen molar-refractivity contribution in [1.29, 1.82) is 0 Å². The van der Waals surface area contributed by atoms with Crippen LogP contribution >= 0.6 is 0 Å². The predicted molar refractivity (Wildman–Crippen MR) is 102 cm³/mol. The first kappa shape index (κ1) is 23.8. The van der Waals surface area contributed by atoms with Crippen LogP contribution < -0.4 is 11.1 Å². The predicted octanol–water partition coefficient (Wildman–Crippen LogP) is 3.12. The number of unbranched alkanes of at least 4 members (excludes halogenated alkanes) is 6. The summed E-state index contributed by atoms with van der Waals surface area (Å²) in [7, 11) is 0. The van der Waals surface area contributed by atoms with E-state index >= 15 is 0 Å². The normalized spacial score (nSPS) is 11.2. The Morgan fingerprint density at radius 3 is 1.71 bits per heavy atom. The molecule has 0 atom stereocenters. The monoisotopic (exact) mass is 346 g/mol. The number of hydrogen-bond donors (Lipinski definition) is 2. The van der Waals surface area contributed by atoms with E-state index in [-0.39, 0.29) is 0 Å². The van der Waals surface area contributed by atoms with Gasteiger partial charge in [-0.15, -0.1) is 0 Å². The molecule has 5 heteroatoms. The summed E-state index contributed by atoms with van der Waals surface area (Å²) in [6, 6.07) is 0. The number of hydrogen-bond acceptors (Lipinski definition) is 5. The highest BCUT2D eigenvalue weighted by Crippen LogP contribution is 2.06. The van der Waals surface area contributed by atoms with Crippen molar-refractivity contribution in [2.45, 2.75) is 64.7 Å². The summed E-state index contributed by atoms with van der Waals surface area (Å²) in [5, 5.41) is 3.49. The summed E-state index contributed by atoms with van der Waals surface area (Å²) >= 11 is 0. The van der Waals surface area contributed by atoms with E-state index in [9.17, 15) is 0 Å². The quantitative estimate of drug-likeness (QED) is 0.313. The summed E-state index contributed by atoms with van der Waals surface area (Å²) < 4.78 is 16.3. The van der Waals surface area contributed by atoms with Gasteiger partial charge in [0.1, 0.15) is 0 Å². The Labute approximate surface area is 150 Å². The molecule has 0 amide bonds. The van der Waals surface area contributed by atoms with Gasteiger partial charge in [0, 0.05) is 13.2 Å². The first-order valence-corrected chi connectivity index (χ1v) is 10.1. The summed E-state index contributed by atoms with van der Waals surface area (Å²) in [4.78, 5) is 0. The third kappa shape index (κ3) is 21.8. The molecule has 3 N–H and O–H groups in total. The van der Waals surface area contributed by atoms with Crippen LogP contribution in [0.4, 0.5) is 0 Å². The smallest absolute Gasteiger partial charge is 0.0701 e. The molecule has 0 spiro atoms. The van der Waals surface area contributed by atoms with Crippen LogP contribution in [0.5, 0.6) is 0 Å². The zero-order valence-electron chi connectivity index (χ0n) is 16.0. The van der Waals surface area contributed by atoms with Crippen LogP contribution in [0.15, 0.2) is 0 Å². The molecule has 0 fully saturated rings. The molecule has 0 saturated heterocycles. The molecule has 146 valence electrons. The Morgan fingerprint density at radius 1 is 0.583 bits per heavy atom. The van der Waals surface area contributed by atoms with Gasteiger partial charge in [-0.05, 0) is 38.9 Å². The molecular weight excluding hydrogens is 304 g/mol. The van der Waals surface area contributed by atoms with Gasteiger partial charge >= 0.3 is 0 Å². The number of nitrogens with two attached hydrogens (primary N) is 1. The first-order valence-electron chi connectivity index (χ1n) is 10.1. The maximum Gasteiger partial charge on any atom is 0.0701 e. The second kappa shape index (κ2) is 22.8. The van der Waals surface area contributed by atoms with E-state index < -0.39 is 0 Å². The van der Waals surface area contributed by atoms with E-state index in [1.165, 1.54) is 44.9 Å². The van der Waals surface area contributed by atoms with Crippen LogP contribution in [0.2, 0.25) is 0 Å². The number of rotatable bonds is 21. The molecule has 0 bridgehead atoms. The van der Waals surface area contributed by atoms with Crippen LogP contribution in [-0.4, -0.2) is 59.3 Å². The Kier molecular flexibility index (Phi) is 22.6. The second-order valence-electron chi connectivity index (χ2n) is 6.20. The lowest BCUT2D eigenvalue weighted by atomic mass is 10.1. The fourth-order valence-corrected chi connectivity index (χ4v) is 2.36. The standard InChI is InChI=1S/C19H42N2O3/c1-2-3-4-5-6-7-8-12-21-13-10-15-23-17-19-24-18-16-22-14-9-11-20/h21H,2-20H2,1H3. The van der Waals surface area contributed by atoms with Crippen molar-refractivity contribution in [2.24, 2.45) is 5.73 Å². The zero-order valence-corrected chi connectivity index (χ0v) is 16.0. The van der Waals surface area contributed by atoms with Crippen molar-refractivity contribution in [3.8, 4) is 0 Å². The molecule has 0 aliphatic rings. The zero-order chi connectivity index (χ0) is 17.6. The Balaban J connectivity index is 2.93. The molecule has 0 radical (unpaired) electrons. The lowest BCUT2D eigenvalue weighted by Crippen LogP contribution is -2.18. The van der Waals surface area contributed by atoms with Crippen molar-refractivity contribution < 1.29 is 14.2 Å². The van der Waals surface area contributed by atoms with E-state index in [2.05, 4.69) is 12.2 Å². The molecule has 0 unspecified atom stereocenters. The van der Waals surface area contributed by atoms with Crippen LogP contribution in [0.25, 0.3) is 0 Å². The first-order chi connectivity index (χ1) is 11.9. The summed E-state index contributed by atoms with van der Waals surface area (Å²) in [6.45, 7) is 9.25. The minimum atomic E-state index is 0.633. The molecule has 0 aliphatic carbocycles. The van der Waals surface area contributed by atoms with E-state index in [1.807, 2.05) is 0 Å². The van der Waals surface area contributed by atoms with Gasteiger partial charge in [0.25, 0.3) is 0 Å². The fraction of sp³-hybridized carbons (Fsp3) is 1.00. The van der Waals surface area contributed by atoms with Gasteiger partial charge in [-0.1, -0.05) is 45.4 Å². The highest BCUT2D eigenvalue weighted by molar-refractivity contribution is 4.50. The molecule has 24 heavy (non-hydrogen) atoms.